The third-order valence-electron chi connectivity index (χ3n) is 2.69. The number of methoxy groups -OCH3 is 1. The Balaban J connectivity index is 1.96. The van der Waals surface area contributed by atoms with Gasteiger partial charge in [-0.25, -0.2) is 0 Å². The summed E-state index contributed by atoms with van der Waals surface area (Å²) in [6.07, 6.45) is 3.26. The van der Waals surface area contributed by atoms with E-state index in [2.05, 4.69) is 10.4 Å². The Morgan fingerprint density at radius 1 is 1.55 bits per heavy atom. The molecule has 0 aliphatic carbocycles. The van der Waals surface area contributed by atoms with Crippen LogP contribution in [0.3, 0.4) is 0 Å². The number of amides is 1. The van der Waals surface area contributed by atoms with Crippen molar-refractivity contribution < 1.29 is 9.53 Å². The van der Waals surface area contributed by atoms with Crippen LogP contribution >= 0.6 is 11.6 Å². The van der Waals surface area contributed by atoms with Crippen molar-refractivity contribution in [2.75, 3.05) is 19.4 Å². The minimum atomic E-state index is -0.246. The summed E-state index contributed by atoms with van der Waals surface area (Å²) in [6, 6.07) is 4.90. The zero-order valence-electron chi connectivity index (χ0n) is 11.0. The predicted molar refractivity (Wildman–Crippen MR) is 77.0 cm³/mol. The Morgan fingerprint density at radius 2 is 2.35 bits per heavy atom. The molecule has 1 amide bonds. The highest BCUT2D eigenvalue weighted by Gasteiger charge is 2.12. The minimum Gasteiger partial charge on any atom is -0.496 e. The smallest absolute Gasteiger partial charge is 0.255 e. The standard InChI is InChI=1S/C13H15ClN4O2/c1-20-12-3-2-9(14)6-11(12)13(19)16-4-5-18-8-10(15)7-17-18/h2-3,6-8H,4-5,15H2,1H3,(H,16,19). The zero-order valence-corrected chi connectivity index (χ0v) is 11.7. The number of anilines is 1. The van der Waals surface area contributed by atoms with Gasteiger partial charge < -0.3 is 15.8 Å². The summed E-state index contributed by atoms with van der Waals surface area (Å²) in [7, 11) is 1.51. The van der Waals surface area contributed by atoms with Crippen molar-refractivity contribution in [3.63, 3.8) is 0 Å². The molecule has 0 saturated heterocycles. The topological polar surface area (TPSA) is 82.2 Å². The molecule has 1 aromatic carbocycles. The number of ether oxygens (including phenoxy) is 1. The molecule has 0 fully saturated rings. The van der Waals surface area contributed by atoms with Crippen LogP contribution in [0, 0.1) is 0 Å². The van der Waals surface area contributed by atoms with E-state index in [1.165, 1.54) is 7.11 Å². The number of carbonyl (C=O) groups excluding carboxylic acids is 1. The second kappa shape index (κ2) is 6.29. The SMILES string of the molecule is COc1ccc(Cl)cc1C(=O)NCCn1cc(N)cn1. The molecule has 6 nitrogen and oxygen atoms in total. The van der Waals surface area contributed by atoms with Crippen LogP contribution in [0.15, 0.2) is 30.6 Å². The van der Waals surface area contributed by atoms with Gasteiger partial charge in [-0.05, 0) is 18.2 Å². The summed E-state index contributed by atoms with van der Waals surface area (Å²) >= 11 is 5.89. The third-order valence-corrected chi connectivity index (χ3v) is 2.92. The van der Waals surface area contributed by atoms with Crippen LogP contribution in [-0.2, 0) is 6.54 Å². The van der Waals surface area contributed by atoms with Crippen LogP contribution in [0.2, 0.25) is 5.02 Å². The Morgan fingerprint density at radius 3 is 3.00 bits per heavy atom. The van der Waals surface area contributed by atoms with Gasteiger partial charge in [0, 0.05) is 17.8 Å². The van der Waals surface area contributed by atoms with Gasteiger partial charge in [0.25, 0.3) is 5.91 Å². The molecule has 106 valence electrons. The van der Waals surface area contributed by atoms with Gasteiger partial charge >= 0.3 is 0 Å². The summed E-state index contributed by atoms with van der Waals surface area (Å²) in [4.78, 5) is 12.1. The number of aromatic nitrogens is 2. The highest BCUT2D eigenvalue weighted by molar-refractivity contribution is 6.31. The quantitative estimate of drug-likeness (QED) is 0.877. The number of carbonyl (C=O) groups is 1. The van der Waals surface area contributed by atoms with Crippen molar-refractivity contribution >= 4 is 23.2 Å². The highest BCUT2D eigenvalue weighted by atomic mass is 35.5. The van der Waals surface area contributed by atoms with Crippen molar-refractivity contribution in [3.8, 4) is 5.75 Å². The summed E-state index contributed by atoms with van der Waals surface area (Å²) in [5.74, 6) is 0.236. The third kappa shape index (κ3) is 3.42. The van der Waals surface area contributed by atoms with Crippen molar-refractivity contribution in [3.05, 3.63) is 41.2 Å². The lowest BCUT2D eigenvalue weighted by Gasteiger charge is -2.09. The normalized spacial score (nSPS) is 10.3. The predicted octanol–water partition coefficient (Wildman–Crippen LogP) is 1.56. The van der Waals surface area contributed by atoms with E-state index >= 15 is 0 Å². The monoisotopic (exact) mass is 294 g/mol. The molecular weight excluding hydrogens is 280 g/mol. The van der Waals surface area contributed by atoms with E-state index in [0.29, 0.717) is 35.1 Å². The first-order valence-electron chi connectivity index (χ1n) is 6.00. The molecular formula is C13H15ClN4O2. The van der Waals surface area contributed by atoms with Crippen molar-refractivity contribution in [1.82, 2.24) is 15.1 Å². The van der Waals surface area contributed by atoms with Crippen molar-refractivity contribution in [2.45, 2.75) is 6.54 Å². The number of nitrogens with zero attached hydrogens (tertiary/aromatic N) is 2. The summed E-state index contributed by atoms with van der Waals surface area (Å²) in [5, 5.41) is 7.29. The van der Waals surface area contributed by atoms with Gasteiger partial charge in [0.05, 0.1) is 31.1 Å². The van der Waals surface area contributed by atoms with Gasteiger partial charge in [-0.1, -0.05) is 11.6 Å². The van der Waals surface area contributed by atoms with Crippen molar-refractivity contribution in [1.29, 1.82) is 0 Å². The number of nitrogen functional groups attached to an aromatic ring is 1. The number of rotatable bonds is 5. The van der Waals surface area contributed by atoms with Gasteiger partial charge in [0.2, 0.25) is 0 Å². The Kier molecular flexibility index (Phi) is 4.47. The molecule has 0 bridgehead atoms. The molecule has 1 aromatic heterocycles. The van der Waals surface area contributed by atoms with Crippen LogP contribution in [-0.4, -0.2) is 29.3 Å². The molecule has 1 heterocycles. The molecule has 3 N–H and O–H groups in total. The Bertz CT molecular complexity index is 612. The van der Waals surface area contributed by atoms with Gasteiger partial charge in [0.1, 0.15) is 5.75 Å². The van der Waals surface area contributed by atoms with E-state index in [-0.39, 0.29) is 5.91 Å². The molecule has 0 aliphatic rings. The van der Waals surface area contributed by atoms with E-state index in [1.54, 1.807) is 35.3 Å². The number of nitrogens with two attached hydrogens (primary N) is 1. The van der Waals surface area contributed by atoms with Crippen LogP contribution < -0.4 is 15.8 Å². The molecule has 0 spiro atoms. The lowest BCUT2D eigenvalue weighted by atomic mass is 10.2. The first-order valence-corrected chi connectivity index (χ1v) is 6.37. The zero-order chi connectivity index (χ0) is 14.5. The molecule has 20 heavy (non-hydrogen) atoms. The number of halogens is 1. The first-order chi connectivity index (χ1) is 9.60. The lowest BCUT2D eigenvalue weighted by molar-refractivity contribution is 0.0949. The molecule has 0 atom stereocenters. The highest BCUT2D eigenvalue weighted by Crippen LogP contribution is 2.22. The second-order valence-electron chi connectivity index (χ2n) is 4.14. The number of hydrogen-bond donors (Lipinski definition) is 2. The lowest BCUT2D eigenvalue weighted by Crippen LogP contribution is -2.27. The molecule has 2 aromatic rings. The fourth-order valence-electron chi connectivity index (χ4n) is 1.74. The number of nitrogens with one attached hydrogen (secondary N) is 1. The van der Waals surface area contributed by atoms with E-state index in [4.69, 9.17) is 22.1 Å². The average molecular weight is 295 g/mol. The molecule has 7 heteroatoms. The Labute approximate surface area is 121 Å². The van der Waals surface area contributed by atoms with E-state index < -0.39 is 0 Å². The molecule has 0 unspecified atom stereocenters. The summed E-state index contributed by atoms with van der Waals surface area (Å²) in [6.45, 7) is 0.960. The summed E-state index contributed by atoms with van der Waals surface area (Å²) in [5.41, 5.74) is 6.55. The molecule has 0 radical (unpaired) electrons. The second-order valence-corrected chi connectivity index (χ2v) is 4.57. The fraction of sp³-hybridized carbons (Fsp3) is 0.231. The average Bonchev–Trinajstić information content (AvgIpc) is 2.84. The maximum Gasteiger partial charge on any atom is 0.255 e. The molecule has 0 aliphatic heterocycles. The van der Waals surface area contributed by atoms with Crippen molar-refractivity contribution in [2.24, 2.45) is 0 Å². The number of hydrogen-bond acceptors (Lipinski definition) is 4. The van der Waals surface area contributed by atoms with E-state index in [1.807, 2.05) is 0 Å². The van der Waals surface area contributed by atoms with Gasteiger partial charge in [0.15, 0.2) is 0 Å². The Hall–Kier alpha value is -2.21. The van der Waals surface area contributed by atoms with Crippen LogP contribution in [0.5, 0.6) is 5.75 Å². The van der Waals surface area contributed by atoms with Gasteiger partial charge in [-0.15, -0.1) is 0 Å². The summed E-state index contributed by atoms with van der Waals surface area (Å²) < 4.78 is 6.79. The van der Waals surface area contributed by atoms with Gasteiger partial charge in [-0.3, -0.25) is 9.48 Å². The number of benzene rings is 1. The largest absolute Gasteiger partial charge is 0.496 e. The van der Waals surface area contributed by atoms with Crippen LogP contribution in [0.4, 0.5) is 5.69 Å². The van der Waals surface area contributed by atoms with E-state index in [9.17, 15) is 4.79 Å². The maximum absolute atomic E-state index is 12.1. The van der Waals surface area contributed by atoms with Crippen LogP contribution in [0.25, 0.3) is 0 Å². The van der Waals surface area contributed by atoms with Gasteiger partial charge in [-0.2, -0.15) is 5.10 Å². The molecule has 2 rings (SSSR count). The molecule has 0 saturated carbocycles. The maximum atomic E-state index is 12.1. The minimum absolute atomic E-state index is 0.246. The van der Waals surface area contributed by atoms with E-state index in [0.717, 1.165) is 0 Å². The van der Waals surface area contributed by atoms with Crippen LogP contribution in [0.1, 0.15) is 10.4 Å². The fourth-order valence-corrected chi connectivity index (χ4v) is 1.91. The first kappa shape index (κ1) is 14.2.